The summed E-state index contributed by atoms with van der Waals surface area (Å²) >= 11 is 1.13. The van der Waals surface area contributed by atoms with E-state index in [9.17, 15) is 116 Å². The number of urea groups is 1. The van der Waals surface area contributed by atoms with E-state index in [2.05, 4.69) is 66.3 Å². The number of carbonyl (C=O) groups is 14. The van der Waals surface area contributed by atoms with Gasteiger partial charge in [0.05, 0.1) is 61.4 Å². The maximum Gasteiger partial charge on any atom is 0.481 e. The molecule has 0 spiro atoms. The molecule has 0 bridgehead atoms. The van der Waals surface area contributed by atoms with E-state index in [-0.39, 0.29) is 118 Å². The molecule has 3 aliphatic rings. The van der Waals surface area contributed by atoms with Gasteiger partial charge in [0.1, 0.15) is 73.1 Å². The van der Waals surface area contributed by atoms with Crippen molar-refractivity contribution in [3.63, 3.8) is 0 Å². The summed E-state index contributed by atoms with van der Waals surface area (Å²) in [6.45, 7) is 16.0. The minimum absolute atomic E-state index is 0.00118. The molecule has 3 aliphatic heterocycles. The van der Waals surface area contributed by atoms with Crippen molar-refractivity contribution in [3.8, 4) is 0 Å². The zero-order valence-corrected chi connectivity index (χ0v) is 86.3. The summed E-state index contributed by atoms with van der Waals surface area (Å²) < 4.78 is 80.8. The van der Waals surface area contributed by atoms with Gasteiger partial charge in [-0.25, -0.2) is 43.0 Å². The van der Waals surface area contributed by atoms with Crippen LogP contribution in [0.15, 0.2) is 67.3 Å². The number of hydrogen-bond acceptors (Lipinski definition) is 32. The number of amides is 14. The molecular formula is C89H139N18O32P3S. The number of unbranched alkanes of at least 4 members (excludes halogenated alkanes) is 2. The molecule has 19 N–H and O–H groups in total. The minimum atomic E-state index is -5.68. The highest BCUT2D eigenvalue weighted by molar-refractivity contribution is 8.00. The second-order valence-electron chi connectivity index (χ2n) is 37.1. The number of aliphatic hydroxyl groups excluding tert-OH is 2. The van der Waals surface area contributed by atoms with Crippen molar-refractivity contribution < 1.29 is 153 Å². The average Bonchev–Trinajstić information content (AvgIpc) is 1.61. The number of nitrogens with zero attached hydrogens (tertiary/aromatic N) is 8. The van der Waals surface area contributed by atoms with Crippen LogP contribution >= 0.6 is 35.2 Å². The maximum absolute atomic E-state index is 14.9. The van der Waals surface area contributed by atoms with Crippen LogP contribution in [-0.4, -0.2) is 321 Å². The third-order valence-corrected chi connectivity index (χ3v) is 29.1. The fourth-order valence-electron chi connectivity index (χ4n) is 16.7. The molecule has 7 rings (SSSR count). The first-order chi connectivity index (χ1) is 67.1. The number of nitrogens with one attached hydrogen (secondary N) is 8. The smallest absolute Gasteiger partial charge is 0.480 e. The van der Waals surface area contributed by atoms with Gasteiger partial charge in [0.2, 0.25) is 65.0 Å². The summed E-state index contributed by atoms with van der Waals surface area (Å²) in [5.74, 6) is -10.00. The molecule has 2 aromatic heterocycles. The Morgan fingerprint density at radius 1 is 0.713 bits per heavy atom. The molecule has 2 aromatic carbocycles. The van der Waals surface area contributed by atoms with E-state index in [0.29, 0.717) is 50.6 Å². The Morgan fingerprint density at radius 3 is 2.00 bits per heavy atom. The van der Waals surface area contributed by atoms with Crippen LogP contribution in [0.25, 0.3) is 11.2 Å². The number of carbonyl (C=O) groups excluding carboxylic acids is 13. The fourth-order valence-corrected chi connectivity index (χ4v) is 20.6. The van der Waals surface area contributed by atoms with Crippen molar-refractivity contribution in [1.29, 1.82) is 0 Å². The maximum atomic E-state index is 14.9. The third kappa shape index (κ3) is 35.5. The van der Waals surface area contributed by atoms with Crippen molar-refractivity contribution in [2.45, 2.75) is 257 Å². The van der Waals surface area contributed by atoms with Crippen LogP contribution in [0.4, 0.5) is 21.1 Å². The molecular weight excluding hydrogens is 1960 g/mol. The van der Waals surface area contributed by atoms with Gasteiger partial charge in [0.25, 0.3) is 0 Å². The van der Waals surface area contributed by atoms with E-state index in [1.807, 2.05) is 13.8 Å². The zero-order chi connectivity index (χ0) is 106. The van der Waals surface area contributed by atoms with Gasteiger partial charge in [-0.2, -0.15) is 4.31 Å². The van der Waals surface area contributed by atoms with Crippen molar-refractivity contribution in [1.82, 2.24) is 76.3 Å². The predicted molar refractivity (Wildman–Crippen MR) is 515 cm³/mol. The number of rotatable bonds is 59. The van der Waals surface area contributed by atoms with Gasteiger partial charge in [-0.05, 0) is 85.5 Å². The highest BCUT2D eigenvalue weighted by Gasteiger charge is 2.52. The number of anilines is 2. The Kier molecular flexibility index (Phi) is 46.3. The van der Waals surface area contributed by atoms with Crippen LogP contribution in [0, 0.1) is 35.0 Å². The van der Waals surface area contributed by atoms with Gasteiger partial charge in [-0.1, -0.05) is 131 Å². The second kappa shape index (κ2) is 55.3. The molecule has 0 aliphatic carbocycles. The van der Waals surface area contributed by atoms with Gasteiger partial charge in [0, 0.05) is 104 Å². The first kappa shape index (κ1) is 120. The van der Waals surface area contributed by atoms with Crippen molar-refractivity contribution >= 4 is 141 Å². The number of likely N-dealkylation sites (tertiary alicyclic amines) is 2. The number of carboxylic acids is 1. The molecule has 54 heteroatoms. The number of methoxy groups -OCH3 is 2. The number of phosphoric ester groups is 3. The average molecular weight is 2100 g/mol. The Hall–Kier alpha value is -10.3. The van der Waals surface area contributed by atoms with Gasteiger partial charge in [0.15, 0.2) is 17.7 Å². The molecule has 50 nitrogen and oxygen atoms in total. The number of hydrogen-bond donors (Lipinski definition) is 17. The van der Waals surface area contributed by atoms with Gasteiger partial charge >= 0.3 is 41.6 Å². The summed E-state index contributed by atoms with van der Waals surface area (Å²) in [7, 11) is -10.8. The Labute approximate surface area is 832 Å². The van der Waals surface area contributed by atoms with Crippen LogP contribution in [0.5, 0.6) is 0 Å². The number of fused-ring (bicyclic) bond motifs is 1. The topological polar surface area (TPSA) is 710 Å². The number of likely N-dealkylation sites (N-methyl/N-ethyl adjacent to an activating group) is 2. The number of phosphoric acid groups is 3. The highest BCUT2D eigenvalue weighted by Crippen LogP contribution is 2.61. The molecule has 3 saturated heterocycles. The largest absolute Gasteiger partial charge is 0.481 e. The van der Waals surface area contributed by atoms with E-state index >= 15 is 0 Å². The molecule has 798 valence electrons. The van der Waals surface area contributed by atoms with Gasteiger partial charge in [-0.3, -0.25) is 80.7 Å². The van der Waals surface area contributed by atoms with E-state index in [1.165, 1.54) is 52.1 Å². The lowest BCUT2D eigenvalue weighted by Crippen LogP contribution is -2.60. The van der Waals surface area contributed by atoms with E-state index in [0.717, 1.165) is 44.3 Å². The number of primary amides is 1. The van der Waals surface area contributed by atoms with E-state index < -0.39 is 233 Å². The first-order valence-corrected chi connectivity index (χ1v) is 52.5. The minimum Gasteiger partial charge on any atom is -0.480 e. The molecule has 3 unspecified atom stereocenters. The monoisotopic (exact) mass is 2100 g/mol. The summed E-state index contributed by atoms with van der Waals surface area (Å²) in [6.07, 6.45) is -7.40. The van der Waals surface area contributed by atoms with Crippen LogP contribution < -0.4 is 54.0 Å². The lowest BCUT2D eigenvalue weighted by molar-refractivity contribution is -0.148. The Balaban J connectivity index is 0.807. The number of aliphatic carboxylic acids is 1. The van der Waals surface area contributed by atoms with E-state index in [1.54, 1.807) is 103 Å². The lowest BCUT2D eigenvalue weighted by atomic mass is 9.87. The van der Waals surface area contributed by atoms with Crippen LogP contribution in [0.2, 0.25) is 0 Å². The lowest BCUT2D eigenvalue weighted by Gasteiger charge is -2.41. The molecule has 0 saturated carbocycles. The van der Waals surface area contributed by atoms with Crippen LogP contribution in [0.3, 0.4) is 0 Å². The SMILES string of the molecule is CC[C@H](C)[C@@H]([C@@H](CC(=O)N1CCC[C@H]1[C@H](OC)[C@@H](C)C(=O)N[C@@H](Cc1ccccc1)C(=O)O)OC)N(C)C(=O)[C@@H](NC(=O)[C@H](C(C)C)N(C)C(=O)OCc1ccc(NC(=O)[C@H](CCCNC(N)=O)NC(=O)[C@@H](NC(=O)CCCCCN2C(=O)CC(SCCNC(=O)CCNC(=O)[C@H](O)C(C)(C)COP(=O)(O)OP(=O)(O)OC[C@@H]3O[C@H](n4cnc5c(N)ncnc54)[C@H](O)[C@@H]3OP(=O)(O)O)C2=O)C(C)C)cc1)C(C)C. The summed E-state index contributed by atoms with van der Waals surface area (Å²) in [5.41, 5.74) is 10.9. The number of nitrogen functional groups attached to an aromatic ring is 1. The number of aliphatic hydroxyl groups is 2. The Morgan fingerprint density at radius 2 is 1.38 bits per heavy atom. The number of benzene rings is 2. The standard InChI is InChI=1S/C89H139N18O32P3S/c1-16-52(8)71(60(132-14)42-65(110)105-39-24-28-59(105)73(133-15)53(9)78(114)100-58(86(121)122)41-54-25-19-17-20-26-54)103(12)84(120)68(50(4)5)102-81(117)70(51(6)7)104(13)88(124)134-44-55-30-32-56(33-31-55)98-79(115)57(27-23-35-94-87(91)123)99-80(116)67(49(2)3)101-64(109)29-21-18-22-38-106-66(111)43-62(83(106)119)143-40-37-92-63(108)34-36-93-82(118)75(113)89(10,11)46-136-142(130,131)139-141(128,129)135-45-61-74(138-140(125,126)127)72(112)85(137-61)107-48-97-69-76(90)95-47-96-77(69)107/h17,19-20,25-26,30-33,47-53,57-62,67-68,70-75,85,112-113H,16,18,21-24,27-29,34-46H2,1-15H3,(H,92,108)(H,93,118)(H,98,115)(H,99,116)(H,100,114)(H,101,109)(H,102,117)(H,121,122)(H,128,129)(H,130,131)(H2,90,95,96)(H3,91,94,123)(H2,125,126,127)/t52-,53+,57-,58-,59-,60+,61-,62?,67-,68-,70-,71-,72+,73+,74+,75-,85-/m0/s1. The number of aromatic nitrogens is 4. The van der Waals surface area contributed by atoms with Crippen molar-refractivity contribution in [2.24, 2.45) is 40.7 Å². The quantitative estimate of drug-likeness (QED) is 0.0172. The van der Waals surface area contributed by atoms with E-state index in [4.69, 9.17) is 39.5 Å². The number of nitrogens with two attached hydrogens (primary N) is 2. The van der Waals surface area contributed by atoms with Crippen molar-refractivity contribution in [2.75, 3.05) is 91.1 Å². The third-order valence-electron chi connectivity index (χ3n) is 24.8. The molecule has 4 aromatic rings. The molecule has 19 atom stereocenters. The summed E-state index contributed by atoms with van der Waals surface area (Å²) in [5, 5.41) is 52.4. The van der Waals surface area contributed by atoms with Crippen LogP contribution in [-0.2, 0) is 121 Å². The normalized spacial score (nSPS) is 19.9. The van der Waals surface area contributed by atoms with Gasteiger partial charge in [-0.15, -0.1) is 11.8 Å². The molecule has 14 amide bonds. The number of imidazole rings is 1. The molecule has 143 heavy (non-hydrogen) atoms. The highest BCUT2D eigenvalue weighted by atomic mass is 32.2. The zero-order valence-electron chi connectivity index (χ0n) is 82.8. The van der Waals surface area contributed by atoms with Crippen molar-refractivity contribution in [3.05, 3.63) is 78.4 Å². The first-order valence-electron chi connectivity index (χ1n) is 46.9. The number of carboxylic acid groups (broad SMARTS) is 1. The number of ether oxygens (including phenoxy) is 4. The predicted octanol–water partition coefficient (Wildman–Crippen LogP) is 3.00. The molecule has 5 heterocycles. The number of thioether (sulfide) groups is 1. The Bertz CT molecular complexity index is 5160. The fraction of sp³-hybridized carbons (Fsp3) is 0.652. The summed E-state index contributed by atoms with van der Waals surface area (Å²) in [4.78, 5) is 246. The second-order valence-corrected chi connectivity index (χ2v) is 42.6. The van der Waals surface area contributed by atoms with Gasteiger partial charge < -0.3 is 118 Å². The summed E-state index contributed by atoms with van der Waals surface area (Å²) in [6, 6.07) is 7.20. The molecule has 3 fully saturated rings. The van der Waals surface area contributed by atoms with Crippen LogP contribution in [0.1, 0.15) is 171 Å². The number of imide groups is 1. The molecule has 0 radical (unpaired) electrons.